The van der Waals surface area contributed by atoms with Crippen molar-refractivity contribution in [2.24, 2.45) is 0 Å². The van der Waals surface area contributed by atoms with E-state index in [0.717, 1.165) is 5.39 Å². The van der Waals surface area contributed by atoms with Crippen molar-refractivity contribution < 1.29 is 9.90 Å². The second-order valence-corrected chi connectivity index (χ2v) is 5.53. The lowest BCUT2D eigenvalue weighted by Crippen LogP contribution is -2.32. The highest BCUT2D eigenvalue weighted by Crippen LogP contribution is 2.22. The van der Waals surface area contributed by atoms with Gasteiger partial charge in [0.15, 0.2) is 0 Å². The Bertz CT molecular complexity index is 696. The van der Waals surface area contributed by atoms with Crippen molar-refractivity contribution in [2.45, 2.75) is 32.7 Å². The molecule has 0 saturated carbocycles. The number of pyridine rings is 2. The standard InChI is InChI=1S/C14H16N2O3/c1-14(2,3)10-6-9-7-15-5-4-11(9)16(13(10)19)8-12(17)18/h4-7H,8H2,1-3H3,(H,17,18). The quantitative estimate of drug-likeness (QED) is 0.893. The Kier molecular flexibility index (Phi) is 3.14. The van der Waals surface area contributed by atoms with Crippen LogP contribution < -0.4 is 5.56 Å². The Hall–Kier alpha value is -2.17. The Labute approximate surface area is 110 Å². The van der Waals surface area contributed by atoms with Crippen molar-refractivity contribution in [1.82, 2.24) is 9.55 Å². The summed E-state index contributed by atoms with van der Waals surface area (Å²) in [6, 6.07) is 3.45. The van der Waals surface area contributed by atoms with Gasteiger partial charge in [0.25, 0.3) is 5.56 Å². The average Bonchev–Trinajstić information content (AvgIpc) is 2.30. The third-order valence-corrected chi connectivity index (χ3v) is 3.00. The maximum Gasteiger partial charge on any atom is 0.323 e. The molecule has 2 rings (SSSR count). The normalized spacial score (nSPS) is 11.7. The number of nitrogens with zero attached hydrogens (tertiary/aromatic N) is 2. The van der Waals surface area contributed by atoms with Gasteiger partial charge in [0, 0.05) is 23.3 Å². The minimum Gasteiger partial charge on any atom is -0.480 e. The largest absolute Gasteiger partial charge is 0.480 e. The van der Waals surface area contributed by atoms with Crippen LogP contribution in [0.15, 0.2) is 29.3 Å². The van der Waals surface area contributed by atoms with Gasteiger partial charge in [-0.1, -0.05) is 20.8 Å². The van der Waals surface area contributed by atoms with Crippen LogP contribution in [0.25, 0.3) is 10.9 Å². The van der Waals surface area contributed by atoms with E-state index in [9.17, 15) is 9.59 Å². The summed E-state index contributed by atoms with van der Waals surface area (Å²) in [4.78, 5) is 27.4. The lowest BCUT2D eigenvalue weighted by molar-refractivity contribution is -0.137. The van der Waals surface area contributed by atoms with Crippen molar-refractivity contribution >= 4 is 16.9 Å². The molecule has 0 saturated heterocycles. The Balaban J connectivity index is 2.85. The SMILES string of the molecule is CC(C)(C)c1cc2cnccc2n(CC(=O)O)c1=O. The van der Waals surface area contributed by atoms with Crippen molar-refractivity contribution in [1.29, 1.82) is 0 Å². The predicted molar refractivity (Wildman–Crippen MR) is 72.3 cm³/mol. The van der Waals surface area contributed by atoms with Gasteiger partial charge in [0.1, 0.15) is 6.54 Å². The van der Waals surface area contributed by atoms with E-state index in [1.807, 2.05) is 20.8 Å². The van der Waals surface area contributed by atoms with E-state index in [-0.39, 0.29) is 17.5 Å². The van der Waals surface area contributed by atoms with Gasteiger partial charge in [0.2, 0.25) is 0 Å². The molecule has 0 aliphatic heterocycles. The molecule has 0 amide bonds. The number of hydrogen-bond donors (Lipinski definition) is 1. The van der Waals surface area contributed by atoms with E-state index in [2.05, 4.69) is 4.98 Å². The van der Waals surface area contributed by atoms with Gasteiger partial charge in [0.05, 0.1) is 5.52 Å². The number of aliphatic carboxylic acids is 1. The van der Waals surface area contributed by atoms with Crippen LogP contribution in [0, 0.1) is 0 Å². The van der Waals surface area contributed by atoms with Gasteiger partial charge in [-0.2, -0.15) is 0 Å². The fourth-order valence-electron chi connectivity index (χ4n) is 2.06. The number of carboxylic acids is 1. The zero-order chi connectivity index (χ0) is 14.2. The van der Waals surface area contributed by atoms with Gasteiger partial charge in [-0.15, -0.1) is 0 Å². The van der Waals surface area contributed by atoms with Gasteiger partial charge in [-0.05, 0) is 17.5 Å². The lowest BCUT2D eigenvalue weighted by Gasteiger charge is -2.20. The molecule has 1 N–H and O–H groups in total. The van der Waals surface area contributed by atoms with E-state index in [0.29, 0.717) is 11.1 Å². The summed E-state index contributed by atoms with van der Waals surface area (Å²) in [6.45, 7) is 5.44. The minimum atomic E-state index is -1.04. The molecule has 0 bridgehead atoms. The third-order valence-electron chi connectivity index (χ3n) is 3.00. The molecular weight excluding hydrogens is 244 g/mol. The van der Waals surface area contributed by atoms with Crippen molar-refractivity contribution in [2.75, 3.05) is 0 Å². The number of fused-ring (bicyclic) bond motifs is 1. The van der Waals surface area contributed by atoms with Crippen LogP contribution in [-0.2, 0) is 16.8 Å². The van der Waals surface area contributed by atoms with E-state index >= 15 is 0 Å². The van der Waals surface area contributed by atoms with Gasteiger partial charge >= 0.3 is 5.97 Å². The Morgan fingerprint density at radius 3 is 2.68 bits per heavy atom. The van der Waals surface area contributed by atoms with E-state index in [1.54, 1.807) is 24.5 Å². The third kappa shape index (κ3) is 2.50. The molecule has 0 fully saturated rings. The summed E-state index contributed by atoms with van der Waals surface area (Å²) in [5, 5.41) is 9.74. The first kappa shape index (κ1) is 13.3. The van der Waals surface area contributed by atoms with Crippen LogP contribution in [0.4, 0.5) is 0 Å². The summed E-state index contributed by atoms with van der Waals surface area (Å²) < 4.78 is 1.29. The van der Waals surface area contributed by atoms with Crippen molar-refractivity contribution in [3.8, 4) is 0 Å². The molecule has 2 aromatic rings. The molecule has 2 aromatic heterocycles. The second-order valence-electron chi connectivity index (χ2n) is 5.53. The molecule has 2 heterocycles. The van der Waals surface area contributed by atoms with Crippen LogP contribution in [0.5, 0.6) is 0 Å². The van der Waals surface area contributed by atoms with Gasteiger partial charge in [-0.25, -0.2) is 0 Å². The van der Waals surface area contributed by atoms with Crippen LogP contribution in [0.3, 0.4) is 0 Å². The predicted octanol–water partition coefficient (Wildman–Crippen LogP) is 1.78. The number of carboxylic acid groups (broad SMARTS) is 1. The van der Waals surface area contributed by atoms with Gasteiger partial charge < -0.3 is 5.11 Å². The molecule has 0 aliphatic rings. The fourth-order valence-corrected chi connectivity index (χ4v) is 2.06. The molecule has 0 unspecified atom stereocenters. The minimum absolute atomic E-state index is 0.256. The summed E-state index contributed by atoms with van der Waals surface area (Å²) in [5.41, 5.74) is 0.583. The molecule has 19 heavy (non-hydrogen) atoms. The van der Waals surface area contributed by atoms with E-state index in [4.69, 9.17) is 5.11 Å². The van der Waals surface area contributed by atoms with Crippen LogP contribution in [0.2, 0.25) is 0 Å². The molecule has 100 valence electrons. The first-order valence-electron chi connectivity index (χ1n) is 6.00. The average molecular weight is 260 g/mol. The zero-order valence-corrected chi connectivity index (χ0v) is 11.2. The number of hydrogen-bond acceptors (Lipinski definition) is 3. The van der Waals surface area contributed by atoms with E-state index < -0.39 is 5.97 Å². The molecule has 0 spiro atoms. The summed E-state index contributed by atoms with van der Waals surface area (Å²) in [7, 11) is 0. The molecule has 0 aromatic carbocycles. The van der Waals surface area contributed by atoms with E-state index in [1.165, 1.54) is 4.57 Å². The highest BCUT2D eigenvalue weighted by atomic mass is 16.4. The highest BCUT2D eigenvalue weighted by Gasteiger charge is 2.21. The maximum absolute atomic E-state index is 12.4. The van der Waals surface area contributed by atoms with Gasteiger partial charge in [-0.3, -0.25) is 19.1 Å². The van der Waals surface area contributed by atoms with Crippen LogP contribution in [0.1, 0.15) is 26.3 Å². The first-order chi connectivity index (χ1) is 8.80. The Morgan fingerprint density at radius 1 is 1.42 bits per heavy atom. The number of aromatic nitrogens is 2. The highest BCUT2D eigenvalue weighted by molar-refractivity contribution is 5.80. The molecule has 0 aliphatic carbocycles. The fraction of sp³-hybridized carbons (Fsp3) is 0.357. The number of carbonyl (C=O) groups is 1. The Morgan fingerprint density at radius 2 is 2.11 bits per heavy atom. The van der Waals surface area contributed by atoms with Crippen molar-refractivity contribution in [3.63, 3.8) is 0 Å². The van der Waals surface area contributed by atoms with Crippen LogP contribution in [-0.4, -0.2) is 20.6 Å². The monoisotopic (exact) mass is 260 g/mol. The van der Waals surface area contributed by atoms with Crippen molar-refractivity contribution in [3.05, 3.63) is 40.4 Å². The molecule has 0 radical (unpaired) electrons. The lowest BCUT2D eigenvalue weighted by atomic mass is 9.87. The topological polar surface area (TPSA) is 72.2 Å². The smallest absolute Gasteiger partial charge is 0.323 e. The molecule has 0 atom stereocenters. The maximum atomic E-state index is 12.4. The molecular formula is C14H16N2O3. The second kappa shape index (κ2) is 4.50. The summed E-state index contributed by atoms with van der Waals surface area (Å²) >= 11 is 0. The summed E-state index contributed by atoms with van der Waals surface area (Å²) in [6.07, 6.45) is 3.19. The molecule has 5 heteroatoms. The van der Waals surface area contributed by atoms with Crippen LogP contribution >= 0.6 is 0 Å². The number of rotatable bonds is 2. The molecule has 5 nitrogen and oxygen atoms in total. The first-order valence-corrected chi connectivity index (χ1v) is 6.00. The summed E-state index contributed by atoms with van der Waals surface area (Å²) in [5.74, 6) is -1.04. The zero-order valence-electron chi connectivity index (χ0n) is 11.2.